The van der Waals surface area contributed by atoms with Gasteiger partial charge in [0, 0.05) is 18.8 Å². The average molecular weight is 269 g/mol. The minimum atomic E-state index is 0.504. The average Bonchev–Trinajstić information content (AvgIpc) is 2.53. The molecule has 0 bridgehead atoms. The van der Waals surface area contributed by atoms with E-state index in [-0.39, 0.29) is 0 Å². The van der Waals surface area contributed by atoms with Crippen molar-refractivity contribution in [2.45, 2.75) is 31.8 Å². The molecule has 3 rings (SSSR count). The van der Waals surface area contributed by atoms with Crippen LogP contribution in [-0.2, 0) is 19.4 Å². The van der Waals surface area contributed by atoms with Gasteiger partial charge in [-0.1, -0.05) is 6.07 Å². The molecule has 1 aliphatic carbocycles. The van der Waals surface area contributed by atoms with Crippen molar-refractivity contribution in [1.29, 1.82) is 0 Å². The highest BCUT2D eigenvalue weighted by Gasteiger charge is 2.18. The maximum atomic E-state index is 5.31. The number of rotatable bonds is 4. The summed E-state index contributed by atoms with van der Waals surface area (Å²) in [5.41, 5.74) is 3.89. The monoisotopic (exact) mass is 269 g/mol. The molecule has 1 aliphatic rings. The fourth-order valence-corrected chi connectivity index (χ4v) is 2.71. The summed E-state index contributed by atoms with van der Waals surface area (Å²) in [6.07, 6.45) is 6.73. The lowest BCUT2D eigenvalue weighted by Gasteiger charge is -2.26. The lowest BCUT2D eigenvalue weighted by molar-refractivity contribution is 0.410. The molecule has 1 aromatic heterocycles. The van der Waals surface area contributed by atoms with Gasteiger partial charge in [0.25, 0.3) is 0 Å². The maximum Gasteiger partial charge on any atom is 0.119 e. The van der Waals surface area contributed by atoms with Gasteiger partial charge in [0.2, 0.25) is 0 Å². The second-order valence-electron chi connectivity index (χ2n) is 5.16. The lowest BCUT2D eigenvalue weighted by atomic mass is 9.88. The number of aromatic nitrogens is 2. The molecule has 4 nitrogen and oxygen atoms in total. The first-order valence-electron chi connectivity index (χ1n) is 6.99. The summed E-state index contributed by atoms with van der Waals surface area (Å²) in [4.78, 5) is 8.18. The van der Waals surface area contributed by atoms with E-state index >= 15 is 0 Å². The van der Waals surface area contributed by atoms with Gasteiger partial charge in [-0.15, -0.1) is 0 Å². The fourth-order valence-electron chi connectivity index (χ4n) is 2.71. The molecule has 1 atom stereocenters. The Morgan fingerprint density at radius 1 is 1.30 bits per heavy atom. The number of benzene rings is 1. The Morgan fingerprint density at radius 2 is 2.25 bits per heavy atom. The number of ether oxygens (including phenoxy) is 1. The van der Waals surface area contributed by atoms with Crippen molar-refractivity contribution in [3.63, 3.8) is 0 Å². The number of hydrogen-bond donors (Lipinski definition) is 1. The van der Waals surface area contributed by atoms with Crippen molar-refractivity contribution in [2.24, 2.45) is 0 Å². The molecule has 20 heavy (non-hydrogen) atoms. The number of nitrogens with one attached hydrogen (secondary N) is 1. The van der Waals surface area contributed by atoms with Crippen LogP contribution in [0.4, 0.5) is 0 Å². The fraction of sp³-hybridized carbons (Fsp3) is 0.375. The first-order valence-corrected chi connectivity index (χ1v) is 6.99. The molecule has 1 heterocycles. The van der Waals surface area contributed by atoms with E-state index in [0.717, 1.165) is 30.8 Å². The summed E-state index contributed by atoms with van der Waals surface area (Å²) in [6, 6.07) is 8.85. The van der Waals surface area contributed by atoms with E-state index in [1.54, 1.807) is 19.6 Å². The standard InChI is InChI=1S/C16H19N3O/c1-20-16-5-3-12-2-4-14(8-13(12)9-16)18-10-15-6-7-17-11-19-15/h3,5-7,9,11,14,18H,2,4,8,10H2,1H3. The van der Waals surface area contributed by atoms with Crippen LogP contribution < -0.4 is 10.1 Å². The predicted octanol–water partition coefficient (Wildman–Crippen LogP) is 2.13. The molecule has 0 radical (unpaired) electrons. The van der Waals surface area contributed by atoms with Crippen LogP contribution in [0.25, 0.3) is 0 Å². The Balaban J connectivity index is 1.63. The van der Waals surface area contributed by atoms with Crippen LogP contribution in [0.5, 0.6) is 5.75 Å². The zero-order valence-electron chi connectivity index (χ0n) is 11.7. The molecule has 4 heteroatoms. The number of methoxy groups -OCH3 is 1. The Labute approximate surface area is 119 Å². The number of nitrogens with zero attached hydrogens (tertiary/aromatic N) is 2. The Hall–Kier alpha value is -1.94. The first-order chi connectivity index (χ1) is 9.85. The molecular formula is C16H19N3O. The zero-order valence-corrected chi connectivity index (χ0v) is 11.7. The SMILES string of the molecule is COc1ccc2c(c1)CC(NCc1ccncn1)CC2. The molecular weight excluding hydrogens is 250 g/mol. The van der Waals surface area contributed by atoms with E-state index in [9.17, 15) is 0 Å². The van der Waals surface area contributed by atoms with E-state index in [1.165, 1.54) is 17.5 Å². The van der Waals surface area contributed by atoms with Crippen LogP contribution in [0, 0.1) is 0 Å². The molecule has 0 saturated carbocycles. The van der Waals surface area contributed by atoms with Crippen LogP contribution >= 0.6 is 0 Å². The van der Waals surface area contributed by atoms with Gasteiger partial charge in [-0.05, 0) is 48.6 Å². The first kappa shape index (κ1) is 13.1. The Bertz CT molecular complexity index is 571. The van der Waals surface area contributed by atoms with Crippen molar-refractivity contribution in [2.75, 3.05) is 7.11 Å². The van der Waals surface area contributed by atoms with Crippen molar-refractivity contribution in [1.82, 2.24) is 15.3 Å². The molecule has 0 amide bonds. The molecule has 104 valence electrons. The summed E-state index contributed by atoms with van der Waals surface area (Å²) in [6.45, 7) is 0.798. The molecule has 1 aromatic carbocycles. The third kappa shape index (κ3) is 2.96. The third-order valence-electron chi connectivity index (χ3n) is 3.86. The van der Waals surface area contributed by atoms with Crippen LogP contribution in [0.1, 0.15) is 23.2 Å². The summed E-state index contributed by atoms with van der Waals surface area (Å²) in [5, 5.41) is 3.59. The number of fused-ring (bicyclic) bond motifs is 1. The summed E-state index contributed by atoms with van der Waals surface area (Å²) in [7, 11) is 1.72. The Kier molecular flexibility index (Phi) is 3.92. The minimum absolute atomic E-state index is 0.504. The topological polar surface area (TPSA) is 47.0 Å². The second-order valence-corrected chi connectivity index (χ2v) is 5.16. The van der Waals surface area contributed by atoms with Crippen LogP contribution in [0.2, 0.25) is 0 Å². The number of hydrogen-bond acceptors (Lipinski definition) is 4. The zero-order chi connectivity index (χ0) is 13.8. The number of aryl methyl sites for hydroxylation is 1. The minimum Gasteiger partial charge on any atom is -0.497 e. The quantitative estimate of drug-likeness (QED) is 0.923. The lowest BCUT2D eigenvalue weighted by Crippen LogP contribution is -2.34. The molecule has 2 aromatic rings. The van der Waals surface area contributed by atoms with Crippen LogP contribution in [0.15, 0.2) is 36.8 Å². The van der Waals surface area contributed by atoms with Crippen LogP contribution in [0.3, 0.4) is 0 Å². The van der Waals surface area contributed by atoms with Gasteiger partial charge in [0.1, 0.15) is 12.1 Å². The molecule has 0 saturated heterocycles. The molecule has 0 fully saturated rings. The highest BCUT2D eigenvalue weighted by molar-refractivity contribution is 5.37. The highest BCUT2D eigenvalue weighted by Crippen LogP contribution is 2.25. The van der Waals surface area contributed by atoms with Crippen molar-refractivity contribution in [3.05, 3.63) is 53.6 Å². The van der Waals surface area contributed by atoms with Gasteiger partial charge < -0.3 is 10.1 Å². The summed E-state index contributed by atoms with van der Waals surface area (Å²) >= 11 is 0. The molecule has 1 N–H and O–H groups in total. The summed E-state index contributed by atoms with van der Waals surface area (Å²) < 4.78 is 5.31. The summed E-state index contributed by atoms with van der Waals surface area (Å²) in [5.74, 6) is 0.945. The van der Waals surface area contributed by atoms with Crippen molar-refractivity contribution in [3.8, 4) is 5.75 Å². The van der Waals surface area contributed by atoms with E-state index in [2.05, 4.69) is 27.4 Å². The molecule has 1 unspecified atom stereocenters. The van der Waals surface area contributed by atoms with Gasteiger partial charge in [-0.3, -0.25) is 0 Å². The molecule has 0 aliphatic heterocycles. The van der Waals surface area contributed by atoms with Gasteiger partial charge in [0.15, 0.2) is 0 Å². The van der Waals surface area contributed by atoms with E-state index in [0.29, 0.717) is 6.04 Å². The smallest absolute Gasteiger partial charge is 0.119 e. The van der Waals surface area contributed by atoms with Gasteiger partial charge >= 0.3 is 0 Å². The van der Waals surface area contributed by atoms with Crippen molar-refractivity contribution >= 4 is 0 Å². The largest absolute Gasteiger partial charge is 0.497 e. The van der Waals surface area contributed by atoms with Crippen LogP contribution in [-0.4, -0.2) is 23.1 Å². The van der Waals surface area contributed by atoms with Gasteiger partial charge in [-0.2, -0.15) is 0 Å². The van der Waals surface area contributed by atoms with E-state index in [1.807, 2.05) is 12.1 Å². The predicted molar refractivity (Wildman–Crippen MR) is 77.7 cm³/mol. The third-order valence-corrected chi connectivity index (χ3v) is 3.86. The van der Waals surface area contributed by atoms with E-state index in [4.69, 9.17) is 4.74 Å². The maximum absolute atomic E-state index is 5.31. The normalized spacial score (nSPS) is 17.6. The van der Waals surface area contributed by atoms with Gasteiger partial charge in [0.05, 0.1) is 12.8 Å². The molecule has 0 spiro atoms. The highest BCUT2D eigenvalue weighted by atomic mass is 16.5. The van der Waals surface area contributed by atoms with Gasteiger partial charge in [-0.25, -0.2) is 9.97 Å². The Morgan fingerprint density at radius 3 is 3.05 bits per heavy atom. The second kappa shape index (κ2) is 6.01. The van der Waals surface area contributed by atoms with Crippen molar-refractivity contribution < 1.29 is 4.74 Å². The van der Waals surface area contributed by atoms with E-state index < -0.39 is 0 Å².